The van der Waals surface area contributed by atoms with E-state index in [1.807, 2.05) is 6.07 Å². The lowest BCUT2D eigenvalue weighted by Crippen LogP contribution is -2.36. The van der Waals surface area contributed by atoms with Crippen LogP contribution in [0.15, 0.2) is 35.1 Å². The summed E-state index contributed by atoms with van der Waals surface area (Å²) in [5.74, 6) is 1.22. The predicted molar refractivity (Wildman–Crippen MR) is 104 cm³/mol. The molecule has 1 saturated heterocycles. The lowest BCUT2D eigenvalue weighted by Gasteiger charge is -2.33. The SMILES string of the molecule is O=S=NCCC1CCCN(c2cc(-c3cnc4ccc(C(F)F)nn34)ncn2)C1. The van der Waals surface area contributed by atoms with Gasteiger partial charge < -0.3 is 4.90 Å². The topological polar surface area (TPSA) is 88.6 Å². The number of hydrogen-bond donors (Lipinski definition) is 0. The van der Waals surface area contributed by atoms with E-state index in [2.05, 4.69) is 29.3 Å². The van der Waals surface area contributed by atoms with Crippen LogP contribution < -0.4 is 4.90 Å². The smallest absolute Gasteiger partial charge is 0.282 e. The average Bonchev–Trinajstić information content (AvgIpc) is 3.17. The van der Waals surface area contributed by atoms with Gasteiger partial charge in [0.2, 0.25) is 0 Å². The molecular formula is C18H19F2N7OS. The molecule has 0 spiro atoms. The van der Waals surface area contributed by atoms with E-state index < -0.39 is 6.43 Å². The van der Waals surface area contributed by atoms with Gasteiger partial charge in [0.25, 0.3) is 6.43 Å². The zero-order valence-electron chi connectivity index (χ0n) is 15.5. The van der Waals surface area contributed by atoms with Crippen LogP contribution in [0.5, 0.6) is 0 Å². The van der Waals surface area contributed by atoms with Gasteiger partial charge in [0, 0.05) is 19.2 Å². The summed E-state index contributed by atoms with van der Waals surface area (Å²) >= 11 is 0.271. The lowest BCUT2D eigenvalue weighted by molar-refractivity contribution is 0.144. The molecule has 1 aliphatic heterocycles. The fraction of sp³-hybridized carbons (Fsp3) is 0.444. The largest absolute Gasteiger partial charge is 0.356 e. The maximum absolute atomic E-state index is 13.0. The number of nitrogens with zero attached hydrogens (tertiary/aromatic N) is 7. The van der Waals surface area contributed by atoms with Gasteiger partial charge in [-0.05, 0) is 37.3 Å². The highest BCUT2D eigenvalue weighted by molar-refractivity contribution is 7.54. The van der Waals surface area contributed by atoms with Crippen LogP contribution >= 0.6 is 0 Å². The fourth-order valence-electron chi connectivity index (χ4n) is 3.62. The molecule has 4 rings (SSSR count). The van der Waals surface area contributed by atoms with E-state index in [-0.39, 0.29) is 17.2 Å². The summed E-state index contributed by atoms with van der Waals surface area (Å²) in [6.07, 6.45) is 3.38. The van der Waals surface area contributed by atoms with Crippen LogP contribution in [0.3, 0.4) is 0 Å². The molecule has 1 atom stereocenters. The van der Waals surface area contributed by atoms with Crippen molar-refractivity contribution in [3.8, 4) is 11.4 Å². The summed E-state index contributed by atoms with van der Waals surface area (Å²) in [6.45, 7) is 2.26. The molecule has 0 bridgehead atoms. The number of anilines is 1. The Morgan fingerprint density at radius 3 is 3.00 bits per heavy atom. The highest BCUT2D eigenvalue weighted by Gasteiger charge is 2.22. The first-order valence-corrected chi connectivity index (χ1v) is 10.0. The second-order valence-electron chi connectivity index (χ2n) is 6.90. The number of halogens is 2. The first kappa shape index (κ1) is 19.5. The molecule has 29 heavy (non-hydrogen) atoms. The molecule has 0 saturated carbocycles. The van der Waals surface area contributed by atoms with Crippen LogP contribution in [0, 0.1) is 5.92 Å². The molecule has 1 unspecified atom stereocenters. The Bertz CT molecular complexity index is 1050. The van der Waals surface area contributed by atoms with Crippen molar-refractivity contribution in [2.24, 2.45) is 10.3 Å². The summed E-state index contributed by atoms with van der Waals surface area (Å²) in [7, 11) is 0. The van der Waals surface area contributed by atoms with Crippen molar-refractivity contribution in [1.82, 2.24) is 24.6 Å². The number of rotatable bonds is 6. The number of piperidine rings is 1. The molecule has 8 nitrogen and oxygen atoms in total. The average molecular weight is 419 g/mol. The highest BCUT2D eigenvalue weighted by atomic mass is 32.1. The number of alkyl halides is 2. The van der Waals surface area contributed by atoms with Crippen molar-refractivity contribution in [2.75, 3.05) is 24.5 Å². The van der Waals surface area contributed by atoms with E-state index in [9.17, 15) is 13.0 Å². The van der Waals surface area contributed by atoms with E-state index in [0.29, 0.717) is 29.5 Å². The Labute approximate surface area is 169 Å². The van der Waals surface area contributed by atoms with Gasteiger partial charge in [0.15, 0.2) is 17.1 Å². The zero-order chi connectivity index (χ0) is 20.2. The maximum Gasteiger partial charge on any atom is 0.282 e. The molecule has 152 valence electrons. The second-order valence-corrected chi connectivity index (χ2v) is 7.31. The lowest BCUT2D eigenvalue weighted by atomic mass is 9.95. The van der Waals surface area contributed by atoms with E-state index in [0.717, 1.165) is 38.2 Å². The van der Waals surface area contributed by atoms with Crippen molar-refractivity contribution in [3.05, 3.63) is 36.4 Å². The first-order chi connectivity index (χ1) is 14.2. The quantitative estimate of drug-likeness (QED) is 0.610. The van der Waals surface area contributed by atoms with Gasteiger partial charge in [0.1, 0.15) is 23.5 Å². The van der Waals surface area contributed by atoms with E-state index in [1.54, 1.807) is 6.20 Å². The van der Waals surface area contributed by atoms with Crippen molar-refractivity contribution < 1.29 is 13.0 Å². The Kier molecular flexibility index (Phi) is 5.84. The van der Waals surface area contributed by atoms with Gasteiger partial charge in [0.05, 0.1) is 18.4 Å². The normalized spacial score (nSPS) is 17.1. The third-order valence-corrected chi connectivity index (χ3v) is 5.33. The minimum absolute atomic E-state index is 0.271. The van der Waals surface area contributed by atoms with Gasteiger partial charge >= 0.3 is 0 Å². The number of imidazole rings is 1. The summed E-state index contributed by atoms with van der Waals surface area (Å²) < 4.78 is 41.7. The molecule has 3 aromatic heterocycles. The third-order valence-electron chi connectivity index (χ3n) is 5.05. The van der Waals surface area contributed by atoms with Crippen LogP contribution in [0.4, 0.5) is 14.6 Å². The summed E-state index contributed by atoms with van der Waals surface area (Å²) in [6, 6.07) is 4.62. The van der Waals surface area contributed by atoms with Gasteiger partial charge in [-0.25, -0.2) is 28.2 Å². The molecule has 3 aromatic rings. The zero-order valence-corrected chi connectivity index (χ0v) is 16.3. The summed E-state index contributed by atoms with van der Waals surface area (Å²) in [4.78, 5) is 15.1. The van der Waals surface area contributed by atoms with Gasteiger partial charge in [-0.3, -0.25) is 0 Å². The van der Waals surface area contributed by atoms with Gasteiger partial charge in [-0.1, -0.05) is 0 Å². The number of hydrogen-bond acceptors (Lipinski definition) is 7. The molecule has 1 aliphatic rings. The number of fused-ring (bicyclic) bond motifs is 1. The Hall–Kier alpha value is -2.82. The van der Waals surface area contributed by atoms with Crippen molar-refractivity contribution in [2.45, 2.75) is 25.7 Å². The Morgan fingerprint density at radius 1 is 1.28 bits per heavy atom. The van der Waals surface area contributed by atoms with Gasteiger partial charge in [-0.15, -0.1) is 0 Å². The molecule has 4 heterocycles. The van der Waals surface area contributed by atoms with Crippen molar-refractivity contribution in [3.63, 3.8) is 0 Å². The molecular weight excluding hydrogens is 400 g/mol. The minimum Gasteiger partial charge on any atom is -0.356 e. The van der Waals surface area contributed by atoms with E-state index in [4.69, 9.17) is 0 Å². The van der Waals surface area contributed by atoms with Crippen molar-refractivity contribution in [1.29, 1.82) is 0 Å². The van der Waals surface area contributed by atoms with Crippen molar-refractivity contribution >= 4 is 22.9 Å². The standard InChI is InChI=1S/C18H19F2N7OS/c19-18(20)13-3-4-16-21-9-15(27(16)25-13)14-8-17(23-11-22-14)26-7-1-2-12(10-26)5-6-24-29-28/h3-4,8-9,11-12,18H,1-2,5-7,10H2. The molecule has 0 aromatic carbocycles. The molecule has 0 radical (unpaired) electrons. The number of aromatic nitrogens is 5. The Morgan fingerprint density at radius 2 is 2.17 bits per heavy atom. The summed E-state index contributed by atoms with van der Waals surface area (Å²) in [5.41, 5.74) is 1.27. The van der Waals surface area contributed by atoms with Gasteiger partial charge in [-0.2, -0.15) is 13.7 Å². The molecule has 1 fully saturated rings. The molecule has 0 amide bonds. The monoisotopic (exact) mass is 419 g/mol. The van der Waals surface area contributed by atoms with Crippen LogP contribution in [0.2, 0.25) is 0 Å². The van der Waals surface area contributed by atoms with Crippen LogP contribution in [-0.4, -0.2) is 48.4 Å². The van der Waals surface area contributed by atoms with Crippen LogP contribution in [0.25, 0.3) is 17.0 Å². The maximum atomic E-state index is 13.0. The Balaban J connectivity index is 1.60. The summed E-state index contributed by atoms with van der Waals surface area (Å²) in [5, 5.41) is 4.00. The van der Waals surface area contributed by atoms with Crippen LogP contribution in [-0.2, 0) is 11.5 Å². The molecule has 0 N–H and O–H groups in total. The van der Waals surface area contributed by atoms with E-state index in [1.165, 1.54) is 23.0 Å². The molecule has 0 aliphatic carbocycles. The minimum atomic E-state index is -2.66. The van der Waals surface area contributed by atoms with Crippen LogP contribution in [0.1, 0.15) is 31.4 Å². The first-order valence-electron chi connectivity index (χ1n) is 9.31. The second kappa shape index (κ2) is 8.68. The predicted octanol–water partition coefficient (Wildman–Crippen LogP) is 3.13. The third kappa shape index (κ3) is 4.29. The van der Waals surface area contributed by atoms with E-state index >= 15 is 0 Å². The molecule has 11 heteroatoms. The highest BCUT2D eigenvalue weighted by Crippen LogP contribution is 2.27. The fourth-order valence-corrected chi connectivity index (χ4v) is 3.80.